The Morgan fingerprint density at radius 2 is 0.463 bits per heavy atom. The molecule has 6 nitrogen and oxygen atoms in total. The maximum Gasteiger partial charge on any atom is 0.306 e. The van der Waals surface area contributed by atoms with Crippen LogP contribution in [0.25, 0.3) is 0 Å². The third kappa shape index (κ3) is 67.6. The number of ether oxygens (including phenoxy) is 3. The zero-order chi connectivity index (χ0) is 59.2. The van der Waals surface area contributed by atoms with Crippen molar-refractivity contribution in [1.82, 2.24) is 0 Å². The number of hydrogen-bond donors (Lipinski definition) is 0. The van der Waals surface area contributed by atoms with Crippen molar-refractivity contribution in [3.05, 3.63) is 72.9 Å². The summed E-state index contributed by atoms with van der Waals surface area (Å²) < 4.78 is 16.9. The minimum atomic E-state index is -0.785. The van der Waals surface area contributed by atoms with Crippen molar-refractivity contribution in [2.75, 3.05) is 13.2 Å². The van der Waals surface area contributed by atoms with Crippen molar-refractivity contribution in [3.8, 4) is 0 Å². The first-order chi connectivity index (χ1) is 40.5. The number of rotatable bonds is 66. The average molecular weight is 1150 g/mol. The Balaban J connectivity index is 4.11. The van der Waals surface area contributed by atoms with Gasteiger partial charge in [0, 0.05) is 19.3 Å². The van der Waals surface area contributed by atoms with Gasteiger partial charge in [-0.2, -0.15) is 0 Å². The molecule has 0 aromatic heterocycles. The molecule has 0 saturated carbocycles. The predicted octanol–water partition coefficient (Wildman–Crippen LogP) is 24.8. The molecular formula is C76H136O6. The maximum atomic E-state index is 12.9. The van der Waals surface area contributed by atoms with Crippen molar-refractivity contribution < 1.29 is 28.6 Å². The summed E-state index contributed by atoms with van der Waals surface area (Å²) in [6.45, 7) is 6.58. The monoisotopic (exact) mass is 1150 g/mol. The Morgan fingerprint density at radius 3 is 0.744 bits per heavy atom. The highest BCUT2D eigenvalue weighted by molar-refractivity contribution is 5.71. The lowest BCUT2D eigenvalue weighted by atomic mass is 10.0. The number of esters is 3. The lowest BCUT2D eigenvalue weighted by Gasteiger charge is -2.18. The second-order valence-electron chi connectivity index (χ2n) is 24.1. The first kappa shape index (κ1) is 78.8. The smallest absolute Gasteiger partial charge is 0.306 e. The lowest BCUT2D eigenvalue weighted by Crippen LogP contribution is -2.30. The highest BCUT2D eigenvalue weighted by Crippen LogP contribution is 2.18. The normalized spacial score (nSPS) is 12.5. The first-order valence-corrected chi connectivity index (χ1v) is 35.9. The minimum absolute atomic E-state index is 0.0802. The highest BCUT2D eigenvalue weighted by Gasteiger charge is 2.19. The molecule has 0 spiro atoms. The van der Waals surface area contributed by atoms with Gasteiger partial charge < -0.3 is 14.2 Å². The van der Waals surface area contributed by atoms with E-state index >= 15 is 0 Å². The first-order valence-electron chi connectivity index (χ1n) is 35.9. The van der Waals surface area contributed by atoms with Crippen LogP contribution < -0.4 is 0 Å². The van der Waals surface area contributed by atoms with E-state index in [1.807, 2.05) is 0 Å². The maximum absolute atomic E-state index is 12.9. The van der Waals surface area contributed by atoms with E-state index in [1.54, 1.807) is 0 Å². The van der Waals surface area contributed by atoms with Crippen molar-refractivity contribution >= 4 is 17.9 Å². The molecule has 0 aromatic carbocycles. The summed E-state index contributed by atoms with van der Waals surface area (Å²) in [5, 5.41) is 0. The third-order valence-corrected chi connectivity index (χ3v) is 15.9. The van der Waals surface area contributed by atoms with Gasteiger partial charge in [-0.05, 0) is 109 Å². The number of hydrogen-bond acceptors (Lipinski definition) is 6. The van der Waals surface area contributed by atoms with E-state index in [9.17, 15) is 14.4 Å². The fourth-order valence-electron chi connectivity index (χ4n) is 10.5. The van der Waals surface area contributed by atoms with E-state index in [0.717, 1.165) is 103 Å². The van der Waals surface area contributed by atoms with Gasteiger partial charge in [-0.25, -0.2) is 0 Å². The van der Waals surface area contributed by atoms with Crippen molar-refractivity contribution in [1.29, 1.82) is 0 Å². The Hall–Kier alpha value is -3.15. The minimum Gasteiger partial charge on any atom is -0.462 e. The Kier molecular flexibility index (Phi) is 67.6. The quantitative estimate of drug-likeness (QED) is 0.0261. The summed E-state index contributed by atoms with van der Waals surface area (Å²) in [6, 6.07) is 0. The standard InChI is InChI=1S/C76H136O6/c1-4-7-10-13-16-19-22-24-26-28-30-32-33-34-35-36-37-38-39-40-41-42-43-45-46-48-50-52-54-57-60-63-66-69-75(78)81-72-73(71-80-74(77)68-65-62-59-56-21-18-15-12-9-6-3)82-76(79)70-67-64-61-58-55-53-51-49-47-44-31-29-27-25-23-20-17-14-11-8-5-2/h12,15,22-25,28-31,47,49,73H,4-11,13-14,16-21,26-27,32-46,48,50-72H2,1-3H3/b15-12-,24-22-,25-23-,30-28-,31-29-,49-47-. The summed E-state index contributed by atoms with van der Waals surface area (Å²) in [5.41, 5.74) is 0. The topological polar surface area (TPSA) is 78.9 Å². The van der Waals surface area contributed by atoms with E-state index in [1.165, 1.54) is 231 Å². The van der Waals surface area contributed by atoms with E-state index in [-0.39, 0.29) is 31.1 Å². The van der Waals surface area contributed by atoms with Crippen molar-refractivity contribution in [2.24, 2.45) is 0 Å². The highest BCUT2D eigenvalue weighted by atomic mass is 16.6. The SMILES string of the molecule is CCC/C=C\CCCCCCCC(=O)OCC(COC(=O)CCCCCCCCCCCCCCCCCCCCCCC/C=C\C/C=C\CCCCCCC)OC(=O)CCCCCCCC/C=C\C/C=C\C/C=C\CCCCCCC. The van der Waals surface area contributed by atoms with Crippen molar-refractivity contribution in [2.45, 2.75) is 380 Å². The van der Waals surface area contributed by atoms with Crippen LogP contribution in [0.15, 0.2) is 72.9 Å². The largest absolute Gasteiger partial charge is 0.462 e. The second-order valence-corrected chi connectivity index (χ2v) is 24.1. The van der Waals surface area contributed by atoms with Crippen LogP contribution in [0.3, 0.4) is 0 Å². The molecular weight excluding hydrogens is 1010 g/mol. The molecule has 0 amide bonds. The second kappa shape index (κ2) is 70.3. The van der Waals surface area contributed by atoms with Gasteiger partial charge in [0.2, 0.25) is 0 Å². The van der Waals surface area contributed by atoms with Gasteiger partial charge in [0.1, 0.15) is 13.2 Å². The summed E-state index contributed by atoms with van der Waals surface area (Å²) in [5.74, 6) is -0.886. The van der Waals surface area contributed by atoms with Crippen LogP contribution in [0.5, 0.6) is 0 Å². The molecule has 1 atom stereocenters. The van der Waals surface area contributed by atoms with Gasteiger partial charge in [-0.15, -0.1) is 0 Å². The van der Waals surface area contributed by atoms with Gasteiger partial charge >= 0.3 is 17.9 Å². The van der Waals surface area contributed by atoms with Crippen LogP contribution >= 0.6 is 0 Å². The number of carbonyl (C=O) groups is 3. The summed E-state index contributed by atoms with van der Waals surface area (Å²) in [4.78, 5) is 38.3. The molecule has 0 saturated heterocycles. The molecule has 476 valence electrons. The van der Waals surface area contributed by atoms with Crippen LogP contribution in [0.2, 0.25) is 0 Å². The van der Waals surface area contributed by atoms with Gasteiger partial charge in [0.05, 0.1) is 0 Å². The Labute approximate surface area is 510 Å². The predicted molar refractivity (Wildman–Crippen MR) is 358 cm³/mol. The van der Waals surface area contributed by atoms with E-state index < -0.39 is 6.10 Å². The fourth-order valence-corrected chi connectivity index (χ4v) is 10.5. The molecule has 0 fully saturated rings. The average Bonchev–Trinajstić information content (AvgIpc) is 3.47. The molecule has 0 aromatic rings. The third-order valence-electron chi connectivity index (χ3n) is 15.9. The van der Waals surface area contributed by atoms with Crippen molar-refractivity contribution in [3.63, 3.8) is 0 Å². The molecule has 82 heavy (non-hydrogen) atoms. The number of allylic oxidation sites excluding steroid dienone is 12. The van der Waals surface area contributed by atoms with E-state index in [0.29, 0.717) is 19.3 Å². The van der Waals surface area contributed by atoms with Crippen LogP contribution in [-0.2, 0) is 28.6 Å². The Morgan fingerprint density at radius 1 is 0.244 bits per heavy atom. The summed E-state index contributed by atoms with van der Waals surface area (Å²) >= 11 is 0. The van der Waals surface area contributed by atoms with Gasteiger partial charge in [-0.1, -0.05) is 318 Å². The van der Waals surface area contributed by atoms with Crippen LogP contribution in [-0.4, -0.2) is 37.2 Å². The molecule has 1 unspecified atom stereocenters. The van der Waals surface area contributed by atoms with Crippen LogP contribution in [0.4, 0.5) is 0 Å². The number of unbranched alkanes of at least 4 members (excludes halogenated alkanes) is 43. The zero-order valence-electron chi connectivity index (χ0n) is 54.8. The van der Waals surface area contributed by atoms with Gasteiger partial charge in [-0.3, -0.25) is 14.4 Å². The van der Waals surface area contributed by atoms with E-state index in [4.69, 9.17) is 14.2 Å². The molecule has 0 N–H and O–H groups in total. The molecule has 0 aliphatic carbocycles. The molecule has 6 heteroatoms. The summed E-state index contributed by atoms with van der Waals surface area (Å²) in [7, 11) is 0. The lowest BCUT2D eigenvalue weighted by molar-refractivity contribution is -0.167. The van der Waals surface area contributed by atoms with Gasteiger partial charge in [0.25, 0.3) is 0 Å². The zero-order valence-corrected chi connectivity index (χ0v) is 54.8. The Bertz CT molecular complexity index is 1500. The van der Waals surface area contributed by atoms with E-state index in [2.05, 4.69) is 93.7 Å². The molecule has 0 aliphatic rings. The fraction of sp³-hybridized carbons (Fsp3) is 0.803. The molecule has 0 aliphatic heterocycles. The molecule has 0 rings (SSSR count). The molecule has 0 heterocycles. The molecule has 0 radical (unpaired) electrons. The van der Waals surface area contributed by atoms with Gasteiger partial charge in [0.15, 0.2) is 6.10 Å². The van der Waals surface area contributed by atoms with Crippen LogP contribution in [0.1, 0.15) is 374 Å². The molecule has 0 bridgehead atoms. The number of carbonyl (C=O) groups excluding carboxylic acids is 3. The van der Waals surface area contributed by atoms with Crippen LogP contribution in [0, 0.1) is 0 Å². The summed E-state index contributed by atoms with van der Waals surface area (Å²) in [6.07, 6.45) is 92.4.